The average Bonchev–Trinajstić information content (AvgIpc) is 2.69. The first-order valence-electron chi connectivity index (χ1n) is 4.08. The van der Waals surface area contributed by atoms with Crippen molar-refractivity contribution in [1.29, 1.82) is 0 Å². The predicted molar refractivity (Wildman–Crippen MR) is 60.3 cm³/mol. The van der Waals surface area contributed by atoms with Crippen LogP contribution in [0.5, 0.6) is 0 Å². The highest BCUT2D eigenvalue weighted by atomic mass is 32.2. The molecule has 2 aromatic rings. The Hall–Kier alpha value is -1.07. The lowest BCUT2D eigenvalue weighted by Crippen LogP contribution is -1.91. The molecule has 0 saturated carbocycles. The average molecular weight is 223 g/mol. The number of nitrogen functional groups attached to an aromatic ring is 1. The molecule has 14 heavy (non-hydrogen) atoms. The minimum Gasteiger partial charge on any atom is -0.398 e. The molecule has 0 aliphatic heterocycles. The van der Waals surface area contributed by atoms with E-state index in [1.165, 1.54) is 0 Å². The molecule has 2 N–H and O–H groups in total. The van der Waals surface area contributed by atoms with E-state index in [0.717, 1.165) is 21.3 Å². The molecule has 0 fully saturated rings. The van der Waals surface area contributed by atoms with Crippen molar-refractivity contribution in [2.45, 2.75) is 10.1 Å². The number of aromatic nitrogens is 2. The van der Waals surface area contributed by atoms with Crippen LogP contribution >= 0.6 is 23.1 Å². The molecule has 0 unspecified atom stereocenters. The summed E-state index contributed by atoms with van der Waals surface area (Å²) in [5, 5.41) is 7.72. The largest absolute Gasteiger partial charge is 0.398 e. The highest BCUT2D eigenvalue weighted by Crippen LogP contribution is 2.25. The van der Waals surface area contributed by atoms with Gasteiger partial charge in [-0.1, -0.05) is 41.3 Å². The molecule has 1 aromatic heterocycles. The molecular weight excluding hydrogens is 214 g/mol. The number of nitrogens with two attached hydrogens (primary N) is 1. The molecule has 3 nitrogen and oxygen atoms in total. The highest BCUT2D eigenvalue weighted by Gasteiger charge is 2.01. The van der Waals surface area contributed by atoms with Crippen molar-refractivity contribution in [3.8, 4) is 0 Å². The predicted octanol–water partition coefficient (Wildman–Crippen LogP) is 2.41. The Bertz CT molecular complexity index is 400. The maximum absolute atomic E-state index is 5.81. The van der Waals surface area contributed by atoms with Crippen molar-refractivity contribution < 1.29 is 0 Å². The van der Waals surface area contributed by atoms with Gasteiger partial charge in [0, 0.05) is 11.4 Å². The van der Waals surface area contributed by atoms with E-state index in [9.17, 15) is 0 Å². The standard InChI is InChI=1S/C9H9N3S2/c10-8-4-2-1-3-7(8)5-13-9-12-11-6-14-9/h1-4,6H,5,10H2. The molecule has 0 radical (unpaired) electrons. The third-order valence-electron chi connectivity index (χ3n) is 1.75. The van der Waals surface area contributed by atoms with E-state index in [2.05, 4.69) is 10.2 Å². The van der Waals surface area contributed by atoms with Crippen LogP contribution in [0.2, 0.25) is 0 Å². The molecule has 0 aliphatic carbocycles. The first-order chi connectivity index (χ1) is 6.86. The molecule has 0 atom stereocenters. The summed E-state index contributed by atoms with van der Waals surface area (Å²) in [7, 11) is 0. The summed E-state index contributed by atoms with van der Waals surface area (Å²) >= 11 is 3.21. The molecule has 1 aromatic carbocycles. The molecular formula is C9H9N3S2. The Kier molecular flexibility index (Phi) is 3.00. The normalized spacial score (nSPS) is 10.3. The van der Waals surface area contributed by atoms with Gasteiger partial charge in [-0.2, -0.15) is 0 Å². The third kappa shape index (κ3) is 2.24. The van der Waals surface area contributed by atoms with Crippen molar-refractivity contribution in [3.05, 3.63) is 35.3 Å². The lowest BCUT2D eigenvalue weighted by molar-refractivity contribution is 1.01. The van der Waals surface area contributed by atoms with E-state index in [0.29, 0.717) is 0 Å². The van der Waals surface area contributed by atoms with Gasteiger partial charge in [-0.05, 0) is 11.6 Å². The van der Waals surface area contributed by atoms with Crippen molar-refractivity contribution in [1.82, 2.24) is 10.2 Å². The van der Waals surface area contributed by atoms with Crippen molar-refractivity contribution in [2.75, 3.05) is 5.73 Å². The van der Waals surface area contributed by atoms with Gasteiger partial charge in [0.1, 0.15) is 5.51 Å². The van der Waals surface area contributed by atoms with Crippen molar-refractivity contribution in [3.63, 3.8) is 0 Å². The molecule has 1 heterocycles. The zero-order chi connectivity index (χ0) is 9.80. The lowest BCUT2D eigenvalue weighted by atomic mass is 10.2. The number of hydrogen-bond donors (Lipinski definition) is 1. The summed E-state index contributed by atoms with van der Waals surface area (Å²) in [5.41, 5.74) is 9.53. The van der Waals surface area contributed by atoms with Crippen LogP contribution in [0.15, 0.2) is 34.1 Å². The van der Waals surface area contributed by atoms with Gasteiger partial charge >= 0.3 is 0 Å². The van der Waals surface area contributed by atoms with Gasteiger partial charge in [-0.3, -0.25) is 0 Å². The molecule has 0 amide bonds. The Morgan fingerprint density at radius 1 is 1.36 bits per heavy atom. The summed E-state index contributed by atoms with van der Waals surface area (Å²) in [4.78, 5) is 0. The van der Waals surface area contributed by atoms with Gasteiger partial charge in [0.15, 0.2) is 4.34 Å². The van der Waals surface area contributed by atoms with Gasteiger partial charge < -0.3 is 5.73 Å². The molecule has 5 heteroatoms. The first kappa shape index (κ1) is 9.48. The number of rotatable bonds is 3. The quantitative estimate of drug-likeness (QED) is 0.641. The fraction of sp³-hybridized carbons (Fsp3) is 0.111. The molecule has 2 rings (SSSR count). The lowest BCUT2D eigenvalue weighted by Gasteiger charge is -2.02. The maximum Gasteiger partial charge on any atom is 0.174 e. The van der Waals surface area contributed by atoms with Crippen LogP contribution in [0.4, 0.5) is 5.69 Å². The van der Waals surface area contributed by atoms with Crippen LogP contribution in [0.1, 0.15) is 5.56 Å². The zero-order valence-corrected chi connectivity index (χ0v) is 9.02. The maximum atomic E-state index is 5.81. The van der Waals surface area contributed by atoms with Gasteiger partial charge in [0.05, 0.1) is 0 Å². The summed E-state index contributed by atoms with van der Waals surface area (Å²) in [5.74, 6) is 0.849. The van der Waals surface area contributed by atoms with E-state index in [4.69, 9.17) is 5.73 Å². The van der Waals surface area contributed by atoms with E-state index in [-0.39, 0.29) is 0 Å². The number of benzene rings is 1. The van der Waals surface area contributed by atoms with Crippen LogP contribution in [0, 0.1) is 0 Å². The van der Waals surface area contributed by atoms with E-state index in [1.807, 2.05) is 24.3 Å². The highest BCUT2D eigenvalue weighted by molar-refractivity contribution is 8.00. The van der Waals surface area contributed by atoms with E-state index >= 15 is 0 Å². The van der Waals surface area contributed by atoms with Gasteiger partial charge in [0.2, 0.25) is 0 Å². The third-order valence-corrected chi connectivity index (χ3v) is 3.66. The fourth-order valence-electron chi connectivity index (χ4n) is 1.03. The van der Waals surface area contributed by atoms with Crippen LogP contribution in [-0.2, 0) is 5.75 Å². The number of nitrogens with zero attached hydrogens (tertiary/aromatic N) is 2. The minimum atomic E-state index is 0.838. The molecule has 0 aliphatic rings. The van der Waals surface area contributed by atoms with Crippen molar-refractivity contribution >= 4 is 28.8 Å². The van der Waals surface area contributed by atoms with Crippen LogP contribution in [0.3, 0.4) is 0 Å². The number of thioether (sulfide) groups is 1. The second-order valence-corrected chi connectivity index (χ2v) is 4.75. The number of para-hydroxylation sites is 1. The summed E-state index contributed by atoms with van der Waals surface area (Å²) in [6.07, 6.45) is 0. The van der Waals surface area contributed by atoms with Crippen LogP contribution < -0.4 is 5.73 Å². The summed E-state index contributed by atoms with van der Waals surface area (Å²) in [6, 6.07) is 7.88. The van der Waals surface area contributed by atoms with Crippen molar-refractivity contribution in [2.24, 2.45) is 0 Å². The summed E-state index contributed by atoms with van der Waals surface area (Å²) in [6.45, 7) is 0. The fourth-order valence-corrected chi connectivity index (χ4v) is 2.53. The molecule has 72 valence electrons. The minimum absolute atomic E-state index is 0.838. The summed E-state index contributed by atoms with van der Waals surface area (Å²) < 4.78 is 0.980. The Morgan fingerprint density at radius 2 is 2.21 bits per heavy atom. The molecule has 0 saturated heterocycles. The number of anilines is 1. The SMILES string of the molecule is Nc1ccccc1CSc1nncs1. The first-order valence-corrected chi connectivity index (χ1v) is 5.95. The van der Waals surface area contributed by atoms with E-state index < -0.39 is 0 Å². The molecule has 0 spiro atoms. The second kappa shape index (κ2) is 4.43. The monoisotopic (exact) mass is 223 g/mol. The zero-order valence-electron chi connectivity index (χ0n) is 7.38. The Balaban J connectivity index is 2.02. The number of hydrogen-bond acceptors (Lipinski definition) is 5. The van der Waals surface area contributed by atoms with Gasteiger partial charge in [0.25, 0.3) is 0 Å². The van der Waals surface area contributed by atoms with Gasteiger partial charge in [-0.15, -0.1) is 10.2 Å². The topological polar surface area (TPSA) is 51.8 Å². The van der Waals surface area contributed by atoms with Crippen LogP contribution in [-0.4, -0.2) is 10.2 Å². The second-order valence-electron chi connectivity index (χ2n) is 2.69. The smallest absolute Gasteiger partial charge is 0.174 e. The van der Waals surface area contributed by atoms with E-state index in [1.54, 1.807) is 28.6 Å². The Morgan fingerprint density at radius 3 is 2.93 bits per heavy atom. The molecule has 0 bridgehead atoms. The van der Waals surface area contributed by atoms with Gasteiger partial charge in [-0.25, -0.2) is 0 Å². The Labute approximate surface area is 90.4 Å². The van der Waals surface area contributed by atoms with Crippen LogP contribution in [0.25, 0.3) is 0 Å².